The normalized spacial score (nSPS) is 12.0. The van der Waals surface area contributed by atoms with Crippen molar-refractivity contribution < 1.29 is 97.7 Å². The van der Waals surface area contributed by atoms with Gasteiger partial charge in [0.25, 0.3) is 0 Å². The van der Waals surface area contributed by atoms with Gasteiger partial charge >= 0.3 is 10.0 Å². The summed E-state index contributed by atoms with van der Waals surface area (Å²) in [6.45, 7) is 12.3. The van der Waals surface area contributed by atoms with Crippen molar-refractivity contribution in [3.05, 3.63) is 139 Å². The molecule has 14 heteroatoms. The van der Waals surface area contributed by atoms with Crippen LogP contribution in [0.1, 0.15) is 101 Å². The van der Waals surface area contributed by atoms with E-state index in [1.165, 1.54) is 30.3 Å². The molecule has 0 aliphatic carbocycles. The Bertz CT molecular complexity index is 1960. The summed E-state index contributed by atoms with van der Waals surface area (Å²) < 4.78 is 37.9. The number of unbranched alkanes of at least 4 members (excludes halogenated alkanes) is 2. The number of furan rings is 2. The molecule has 0 saturated heterocycles. The van der Waals surface area contributed by atoms with E-state index >= 15 is 0 Å². The molecule has 2 heterocycles. The molecule has 5 aromatic rings. The maximum Gasteiger partial charge on any atom is 0.315 e. The number of aliphatic hydroxyl groups excluding tert-OH is 2. The molecule has 2 unspecified atom stereocenters. The van der Waals surface area contributed by atoms with Crippen LogP contribution in [0.3, 0.4) is 0 Å². The van der Waals surface area contributed by atoms with Crippen LogP contribution in [-0.4, -0.2) is 31.1 Å². The Morgan fingerprint density at radius 3 is 2.03 bits per heavy atom. The third-order valence-electron chi connectivity index (χ3n) is 9.00. The minimum Gasteiger partial charge on any atom is -0.596 e. The molecule has 2 aromatic heterocycles. The van der Waals surface area contributed by atoms with Crippen LogP contribution >= 0.6 is 0 Å². The van der Waals surface area contributed by atoms with Gasteiger partial charge in [0.2, 0.25) is 11.0 Å². The van der Waals surface area contributed by atoms with E-state index in [9.17, 15) is 23.4 Å². The minimum atomic E-state index is -3.99. The monoisotopic (exact) mass is 962 g/mol. The Hall–Kier alpha value is -2.67. The molecule has 5 rings (SSSR count). The van der Waals surface area contributed by atoms with E-state index in [0.29, 0.717) is 36.7 Å². The van der Waals surface area contributed by atoms with Crippen LogP contribution in [0.15, 0.2) is 117 Å². The van der Waals surface area contributed by atoms with Gasteiger partial charge in [-0.2, -0.15) is 25.3 Å². The zero-order chi connectivity index (χ0) is 40.5. The number of carbonyl (C=O) groups excluding carboxylic acids is 1. The minimum absolute atomic E-state index is 0. The van der Waals surface area contributed by atoms with Crippen LogP contribution in [0.25, 0.3) is 0 Å². The quantitative estimate of drug-likeness (QED) is 0.0341. The number of sulfonamides is 1. The maximum absolute atomic E-state index is 13.2. The fourth-order valence-corrected chi connectivity index (χ4v) is 7.12. The third kappa shape index (κ3) is 16.1. The van der Waals surface area contributed by atoms with Crippen molar-refractivity contribution in [1.82, 2.24) is 5.43 Å². The molecule has 308 valence electrons. The third-order valence-corrected chi connectivity index (χ3v) is 10.5. The zero-order valence-electron chi connectivity index (χ0n) is 34.0. The molecule has 1 amide bonds. The summed E-state index contributed by atoms with van der Waals surface area (Å²) >= 11 is 0. The smallest absolute Gasteiger partial charge is 0.315 e. The van der Waals surface area contributed by atoms with Crippen molar-refractivity contribution in [3.8, 4) is 0 Å². The van der Waals surface area contributed by atoms with E-state index in [0.717, 1.165) is 71.1 Å². The van der Waals surface area contributed by atoms with Crippen LogP contribution < -0.4 is 20.3 Å². The van der Waals surface area contributed by atoms with E-state index < -0.39 is 22.2 Å². The molecular weight excluding hydrogens is 906 g/mol. The Labute approximate surface area is 395 Å². The van der Waals surface area contributed by atoms with Gasteiger partial charge < -0.3 is 26.0 Å². The average molecular weight is 963 g/mol. The maximum atomic E-state index is 13.2. The molecule has 0 saturated carbocycles. The molecule has 2 atom stereocenters. The number of nitrogens with one attached hydrogen (secondary N) is 2. The second-order valence-corrected chi connectivity index (χ2v) is 15.7. The fourth-order valence-electron chi connectivity index (χ4n) is 5.88. The predicted octanol–water partition coefficient (Wildman–Crippen LogP) is 9.14. The molecule has 0 bridgehead atoms. The van der Waals surface area contributed by atoms with Gasteiger partial charge in [-0.3, -0.25) is 10.2 Å². The number of amides is 1. The number of rotatable bonds is 20. The zero-order valence-corrected chi connectivity index (χ0v) is 40.5. The Kier molecular flexibility index (Phi) is 23.5. The summed E-state index contributed by atoms with van der Waals surface area (Å²) in [4.78, 5) is 11.9. The van der Waals surface area contributed by atoms with Crippen LogP contribution in [0, 0.1) is 19.1 Å². The van der Waals surface area contributed by atoms with Gasteiger partial charge in [-0.15, -0.1) is 6.07 Å². The van der Waals surface area contributed by atoms with E-state index in [4.69, 9.17) is 8.83 Å². The van der Waals surface area contributed by atoms with Crippen molar-refractivity contribution in [2.45, 2.75) is 96.4 Å². The molecule has 4 N–H and O–H groups in total. The summed E-state index contributed by atoms with van der Waals surface area (Å²) in [6, 6.07) is 28.3. The first kappa shape index (κ1) is 51.5. The predicted molar refractivity (Wildman–Crippen MR) is 221 cm³/mol. The first-order valence-electron chi connectivity index (χ1n) is 19.2. The molecule has 11 nitrogen and oxygen atoms in total. The number of nitrogens with zero attached hydrogens (tertiary/aromatic N) is 2. The number of carbonyl (C=O) groups is 1. The average Bonchev–Trinajstić information content (AvgIpc) is 3.94. The number of hydrogen-bond acceptors (Lipinski definition) is 9. The number of anilines is 3. The molecule has 0 aliphatic rings. The summed E-state index contributed by atoms with van der Waals surface area (Å²) in [5.74, 6) is 1.23. The van der Waals surface area contributed by atoms with Crippen LogP contribution in [0.5, 0.6) is 0 Å². The van der Waals surface area contributed by atoms with Gasteiger partial charge in [-0.1, -0.05) is 94.2 Å². The van der Waals surface area contributed by atoms with Crippen molar-refractivity contribution in [2.75, 3.05) is 21.4 Å². The Balaban J connectivity index is 0.000000395. The van der Waals surface area contributed by atoms with Gasteiger partial charge in [0.1, 0.15) is 0 Å². The topological polar surface area (TPSA) is 148 Å². The first-order valence-corrected chi connectivity index (χ1v) is 20.7. The summed E-state index contributed by atoms with van der Waals surface area (Å²) in [7, 11) is -3.99. The standard InChI is InChI=1S/C24H29N2O4S.C20H27N2O3.2Y/c1-3-5-6-8-23(27)20-12-16-22(17-13-20)26(31(28,29)24-9-7-18-30-24)25-21-14-10-19(4-2)11-15-21;1-15(2)14-20(24)17-8-10-18(11-9-17)22(16(3)23)21-12-4-6-19-7-5-13-25-19;;/h7,9-18,23,25,27H,2-6,8H2,1H3;5,7-11,15,20-21,24H,4,6,12,14H2,1-3H3;;/q2*-1;;. The largest absolute Gasteiger partial charge is 0.596 e. The number of hydrogen-bond donors (Lipinski definition) is 4. The van der Waals surface area contributed by atoms with E-state index in [-0.39, 0.29) is 76.4 Å². The van der Waals surface area contributed by atoms with Crippen molar-refractivity contribution in [3.63, 3.8) is 0 Å². The summed E-state index contributed by atoms with van der Waals surface area (Å²) in [5.41, 5.74) is 10.6. The molecule has 0 spiro atoms. The van der Waals surface area contributed by atoms with Crippen LogP contribution in [0.2, 0.25) is 0 Å². The van der Waals surface area contributed by atoms with Crippen LogP contribution in [-0.2, 0) is 93.1 Å². The van der Waals surface area contributed by atoms with Gasteiger partial charge in [0, 0.05) is 78.9 Å². The number of hydrazine groups is 2. The second-order valence-electron chi connectivity index (χ2n) is 14.0. The molecule has 58 heavy (non-hydrogen) atoms. The van der Waals surface area contributed by atoms with E-state index in [1.54, 1.807) is 42.5 Å². The molecule has 0 fully saturated rings. The number of aryl methyl sites for hydroxylation is 1. The van der Waals surface area contributed by atoms with Gasteiger partial charge in [-0.05, 0) is 91.1 Å². The fraction of sp³-hybridized carbons (Fsp3) is 0.364. The van der Waals surface area contributed by atoms with Gasteiger partial charge in [-0.25, -0.2) is 10.4 Å². The van der Waals surface area contributed by atoms with E-state index in [2.05, 4.69) is 44.8 Å². The molecular formula is C44H56N4O7SY2-2. The van der Waals surface area contributed by atoms with Gasteiger partial charge in [0.05, 0.1) is 35.5 Å². The van der Waals surface area contributed by atoms with Gasteiger partial charge in [0.15, 0.2) is 0 Å². The summed E-state index contributed by atoms with van der Waals surface area (Å²) in [5, 5.41) is 22.0. The molecule has 3 aromatic carbocycles. The van der Waals surface area contributed by atoms with Crippen molar-refractivity contribution >= 4 is 33.0 Å². The first-order chi connectivity index (χ1) is 26.9. The Morgan fingerprint density at radius 1 is 0.862 bits per heavy atom. The van der Waals surface area contributed by atoms with Crippen LogP contribution in [0.4, 0.5) is 17.1 Å². The number of benzene rings is 3. The second kappa shape index (κ2) is 26.5. The summed E-state index contributed by atoms with van der Waals surface area (Å²) in [6.07, 6.45) is 9.74. The van der Waals surface area contributed by atoms with Crippen molar-refractivity contribution in [2.24, 2.45) is 5.92 Å². The van der Waals surface area contributed by atoms with Crippen molar-refractivity contribution in [1.29, 1.82) is 0 Å². The molecule has 2 radical (unpaired) electrons. The Morgan fingerprint density at radius 2 is 1.50 bits per heavy atom. The molecule has 0 aliphatic heterocycles. The SMILES string of the molecule is CC(=O)N(NCCCc1cc[c-]o1)c1ccc(C(O)CC(C)C)cc1.[CH2-]Cc1ccc(NN(c2ccc(C(O)CCCCC)cc2)S(=O)(=O)c2ccco2)cc1.[Y].[Y]. The number of aliphatic hydroxyl groups is 2. The van der Waals surface area contributed by atoms with E-state index in [1.807, 2.05) is 42.5 Å².